The molecule has 1 N–H and O–H groups in total. The molecule has 0 saturated heterocycles. The fraction of sp³-hybridized carbons (Fsp3) is 0.364. The van der Waals surface area contributed by atoms with Crippen LogP contribution in [0.2, 0.25) is 0 Å². The van der Waals surface area contributed by atoms with Gasteiger partial charge in [-0.1, -0.05) is 44.1 Å². The number of hydrogen-bond donors (Lipinski definition) is 1. The summed E-state index contributed by atoms with van der Waals surface area (Å²) in [5.41, 5.74) is 8.85. The molecular weight excluding hydrogens is 204 g/mol. The van der Waals surface area contributed by atoms with Crippen LogP contribution in [-0.4, -0.2) is 5.91 Å². The predicted molar refractivity (Wildman–Crippen MR) is 63.3 cm³/mol. The van der Waals surface area contributed by atoms with E-state index in [-0.39, 0.29) is 5.91 Å². The quantitative estimate of drug-likeness (QED) is 0.459. The Balaban J connectivity index is 2.97. The summed E-state index contributed by atoms with van der Waals surface area (Å²) in [4.78, 5) is 14.5. The number of carbonyl (C=O) groups excluding carboxylic acids is 1. The Morgan fingerprint density at radius 1 is 1.38 bits per heavy atom. The largest absolute Gasteiger partial charge is 0.325 e. The van der Waals surface area contributed by atoms with Gasteiger partial charge in [0.05, 0.1) is 11.4 Å². The van der Waals surface area contributed by atoms with Crippen LogP contribution in [0.5, 0.6) is 0 Å². The van der Waals surface area contributed by atoms with Gasteiger partial charge >= 0.3 is 0 Å². The van der Waals surface area contributed by atoms with Gasteiger partial charge in [-0.25, -0.2) is 0 Å². The maximum Gasteiger partial charge on any atom is 0.229 e. The molecule has 0 heterocycles. The highest BCUT2D eigenvalue weighted by atomic mass is 16.2. The average molecular weight is 218 g/mol. The third kappa shape index (κ3) is 3.00. The lowest BCUT2D eigenvalue weighted by molar-refractivity contribution is -0.123. The fourth-order valence-corrected chi connectivity index (χ4v) is 1.02. The van der Waals surface area contributed by atoms with Gasteiger partial charge in [0.2, 0.25) is 5.91 Å². The lowest BCUT2D eigenvalue weighted by Crippen LogP contribution is -2.27. The molecule has 0 fully saturated rings. The Kier molecular flexibility index (Phi) is 3.53. The zero-order chi connectivity index (χ0) is 12.2. The van der Waals surface area contributed by atoms with Crippen LogP contribution in [0.25, 0.3) is 10.4 Å². The van der Waals surface area contributed by atoms with Gasteiger partial charge in [-0.05, 0) is 11.6 Å². The van der Waals surface area contributed by atoms with Gasteiger partial charge in [0.15, 0.2) is 0 Å². The Bertz CT molecular complexity index is 442. The molecule has 1 aromatic carbocycles. The van der Waals surface area contributed by atoms with Crippen LogP contribution in [-0.2, 0) is 4.79 Å². The van der Waals surface area contributed by atoms with Crippen molar-refractivity contribution >= 4 is 17.3 Å². The lowest BCUT2D eigenvalue weighted by Gasteiger charge is -2.18. The van der Waals surface area contributed by atoms with E-state index in [1.54, 1.807) is 24.3 Å². The molecule has 0 aliphatic carbocycles. The summed E-state index contributed by atoms with van der Waals surface area (Å²) in [6.45, 7) is 5.45. The maximum atomic E-state index is 11.7. The molecule has 5 nitrogen and oxygen atoms in total. The second-order valence-electron chi connectivity index (χ2n) is 4.41. The normalized spacial score (nSPS) is 10.4. The molecule has 0 spiro atoms. The third-order valence-electron chi connectivity index (χ3n) is 1.99. The molecule has 0 saturated carbocycles. The lowest BCUT2D eigenvalue weighted by atomic mass is 9.95. The van der Waals surface area contributed by atoms with Crippen molar-refractivity contribution in [2.75, 3.05) is 5.32 Å². The minimum atomic E-state index is -0.483. The van der Waals surface area contributed by atoms with Gasteiger partial charge in [0.25, 0.3) is 0 Å². The van der Waals surface area contributed by atoms with Crippen molar-refractivity contribution in [2.24, 2.45) is 10.5 Å². The van der Waals surface area contributed by atoms with Gasteiger partial charge in [-0.2, -0.15) is 0 Å². The number of nitrogens with zero attached hydrogens (tertiary/aromatic N) is 3. The molecule has 5 heteroatoms. The van der Waals surface area contributed by atoms with E-state index in [1.807, 2.05) is 20.8 Å². The summed E-state index contributed by atoms with van der Waals surface area (Å²) in [5, 5.41) is 6.24. The zero-order valence-electron chi connectivity index (χ0n) is 9.56. The van der Waals surface area contributed by atoms with E-state index in [9.17, 15) is 4.79 Å². The molecule has 0 aromatic heterocycles. The fourth-order valence-electron chi connectivity index (χ4n) is 1.02. The van der Waals surface area contributed by atoms with Crippen molar-refractivity contribution in [3.63, 3.8) is 0 Å². The predicted octanol–water partition coefficient (Wildman–Crippen LogP) is 3.61. The number of amides is 1. The van der Waals surface area contributed by atoms with E-state index in [0.29, 0.717) is 11.4 Å². The summed E-state index contributed by atoms with van der Waals surface area (Å²) in [6, 6.07) is 6.87. The molecule has 0 aliphatic heterocycles. The maximum absolute atomic E-state index is 11.7. The number of rotatable bonds is 2. The van der Waals surface area contributed by atoms with Crippen LogP contribution in [0.1, 0.15) is 20.8 Å². The van der Waals surface area contributed by atoms with Gasteiger partial charge < -0.3 is 5.32 Å². The smallest absolute Gasteiger partial charge is 0.229 e. The number of nitrogens with one attached hydrogen (secondary N) is 1. The number of benzene rings is 1. The van der Waals surface area contributed by atoms with E-state index in [4.69, 9.17) is 5.53 Å². The van der Waals surface area contributed by atoms with Gasteiger partial charge in [-0.15, -0.1) is 0 Å². The van der Waals surface area contributed by atoms with Crippen molar-refractivity contribution in [1.29, 1.82) is 0 Å². The van der Waals surface area contributed by atoms with Crippen LogP contribution in [0.15, 0.2) is 29.4 Å². The van der Waals surface area contributed by atoms with E-state index >= 15 is 0 Å². The molecule has 0 radical (unpaired) electrons. The first-order chi connectivity index (χ1) is 7.45. The summed E-state index contributed by atoms with van der Waals surface area (Å²) in [5.74, 6) is -0.118. The van der Waals surface area contributed by atoms with Crippen LogP contribution in [0.3, 0.4) is 0 Å². The van der Waals surface area contributed by atoms with E-state index in [1.165, 1.54) is 0 Å². The first-order valence-electron chi connectivity index (χ1n) is 4.91. The van der Waals surface area contributed by atoms with Crippen LogP contribution in [0.4, 0.5) is 11.4 Å². The Hall–Kier alpha value is -2.00. The number of hydrogen-bond acceptors (Lipinski definition) is 2. The van der Waals surface area contributed by atoms with Crippen LogP contribution < -0.4 is 5.32 Å². The summed E-state index contributed by atoms with van der Waals surface area (Å²) in [7, 11) is 0. The van der Waals surface area contributed by atoms with Crippen LogP contribution >= 0.6 is 0 Å². The number of azide groups is 1. The standard InChI is InChI=1S/C11H14N4O/c1-11(2,3)10(16)13-8-6-4-5-7-9(8)14-15-12/h4-7H,1-3H3,(H,13,16). The minimum absolute atomic E-state index is 0.118. The van der Waals surface area contributed by atoms with Gasteiger partial charge in [-0.3, -0.25) is 4.79 Å². The molecular formula is C11H14N4O. The monoisotopic (exact) mass is 218 g/mol. The molecule has 1 rings (SSSR count). The van der Waals surface area contributed by atoms with Crippen molar-refractivity contribution in [3.8, 4) is 0 Å². The second kappa shape index (κ2) is 4.68. The first-order valence-corrected chi connectivity index (χ1v) is 4.91. The van der Waals surface area contributed by atoms with Crippen molar-refractivity contribution in [1.82, 2.24) is 0 Å². The molecule has 16 heavy (non-hydrogen) atoms. The summed E-state index contributed by atoms with van der Waals surface area (Å²) < 4.78 is 0. The molecule has 0 aliphatic rings. The van der Waals surface area contributed by atoms with Crippen molar-refractivity contribution in [2.45, 2.75) is 20.8 Å². The highest BCUT2D eigenvalue weighted by Gasteiger charge is 2.21. The van der Waals surface area contributed by atoms with E-state index in [2.05, 4.69) is 15.3 Å². The van der Waals surface area contributed by atoms with Gasteiger partial charge in [0.1, 0.15) is 0 Å². The molecule has 1 amide bonds. The SMILES string of the molecule is CC(C)(C)C(=O)Nc1ccccc1N=[N+]=[N-]. The molecule has 0 unspecified atom stereocenters. The second-order valence-corrected chi connectivity index (χ2v) is 4.41. The zero-order valence-corrected chi connectivity index (χ0v) is 9.56. The Morgan fingerprint density at radius 2 is 2.00 bits per heavy atom. The Labute approximate surface area is 94.1 Å². The molecule has 84 valence electrons. The van der Waals surface area contributed by atoms with E-state index < -0.39 is 5.41 Å². The minimum Gasteiger partial charge on any atom is -0.325 e. The number of carbonyl (C=O) groups is 1. The highest BCUT2D eigenvalue weighted by molar-refractivity contribution is 5.96. The highest BCUT2D eigenvalue weighted by Crippen LogP contribution is 2.26. The third-order valence-corrected chi connectivity index (χ3v) is 1.99. The Morgan fingerprint density at radius 3 is 2.56 bits per heavy atom. The summed E-state index contributed by atoms with van der Waals surface area (Å²) in [6.07, 6.45) is 0. The number of anilines is 1. The molecule has 0 atom stereocenters. The number of para-hydroxylation sites is 1. The van der Waals surface area contributed by atoms with Crippen molar-refractivity contribution < 1.29 is 4.79 Å². The summed E-state index contributed by atoms with van der Waals surface area (Å²) >= 11 is 0. The van der Waals surface area contributed by atoms with Crippen molar-refractivity contribution in [3.05, 3.63) is 34.7 Å². The van der Waals surface area contributed by atoms with Crippen LogP contribution in [0, 0.1) is 5.41 Å². The molecule has 1 aromatic rings. The first kappa shape index (κ1) is 12.1. The van der Waals surface area contributed by atoms with E-state index in [0.717, 1.165) is 0 Å². The average Bonchev–Trinajstić information content (AvgIpc) is 2.20. The topological polar surface area (TPSA) is 77.9 Å². The van der Waals surface area contributed by atoms with Gasteiger partial charge in [0, 0.05) is 10.3 Å². The molecule has 0 bridgehead atoms.